The van der Waals surface area contributed by atoms with Gasteiger partial charge in [0.2, 0.25) is 11.8 Å². The van der Waals surface area contributed by atoms with Crippen molar-refractivity contribution in [3.8, 4) is 5.75 Å². The second kappa shape index (κ2) is 9.27. The van der Waals surface area contributed by atoms with E-state index >= 15 is 0 Å². The minimum absolute atomic E-state index is 0.0339. The molecule has 1 aromatic carbocycles. The summed E-state index contributed by atoms with van der Waals surface area (Å²) < 4.78 is 5.32. The molecular weight excluding hydrogens is 306 g/mol. The summed E-state index contributed by atoms with van der Waals surface area (Å²) >= 11 is 0. The first-order valence-electron chi connectivity index (χ1n) is 8.57. The van der Waals surface area contributed by atoms with Gasteiger partial charge in [-0.3, -0.25) is 9.59 Å². The molecular formula is C18H27N3O3. The molecule has 1 aromatic rings. The monoisotopic (exact) mass is 333 g/mol. The van der Waals surface area contributed by atoms with Crippen LogP contribution >= 0.6 is 0 Å². The van der Waals surface area contributed by atoms with Gasteiger partial charge in [-0.1, -0.05) is 19.3 Å². The van der Waals surface area contributed by atoms with Gasteiger partial charge >= 0.3 is 0 Å². The molecule has 0 bridgehead atoms. The summed E-state index contributed by atoms with van der Waals surface area (Å²) in [5, 5.41) is 8.73. The Bertz CT molecular complexity index is 569. The molecule has 6 nitrogen and oxygen atoms in total. The first kappa shape index (κ1) is 18.3. The summed E-state index contributed by atoms with van der Waals surface area (Å²) in [7, 11) is 3.37. The fourth-order valence-corrected chi connectivity index (χ4v) is 2.95. The van der Waals surface area contributed by atoms with Crippen molar-refractivity contribution in [2.45, 2.75) is 38.5 Å². The Balaban J connectivity index is 2.05. The fraction of sp³-hybridized carbons (Fsp3) is 0.556. The highest BCUT2D eigenvalue weighted by atomic mass is 16.5. The number of carbonyl (C=O) groups excluding carboxylic acids is 2. The molecule has 0 heterocycles. The normalized spacial score (nSPS) is 14.9. The van der Waals surface area contributed by atoms with Crippen LogP contribution in [0.1, 0.15) is 38.5 Å². The first-order valence-corrected chi connectivity index (χ1v) is 8.57. The van der Waals surface area contributed by atoms with Crippen molar-refractivity contribution in [1.82, 2.24) is 5.32 Å². The second-order valence-electron chi connectivity index (χ2n) is 6.14. The minimum Gasteiger partial charge on any atom is -0.495 e. The number of carbonyl (C=O) groups is 2. The lowest BCUT2D eigenvalue weighted by atomic mass is 9.88. The van der Waals surface area contributed by atoms with E-state index in [4.69, 9.17) is 4.74 Å². The molecule has 1 fully saturated rings. The molecule has 0 aromatic heterocycles. The zero-order valence-corrected chi connectivity index (χ0v) is 14.5. The van der Waals surface area contributed by atoms with Gasteiger partial charge in [-0.2, -0.15) is 0 Å². The minimum atomic E-state index is -0.0703. The molecule has 1 saturated carbocycles. The summed E-state index contributed by atoms with van der Waals surface area (Å²) in [5.41, 5.74) is 1.25. The highest BCUT2D eigenvalue weighted by Gasteiger charge is 2.22. The molecule has 132 valence electrons. The molecule has 0 aliphatic heterocycles. The molecule has 6 heteroatoms. The SMILES string of the molecule is CNCCC(=O)Nc1ccc(OC)c(NC(=O)C2CCCCC2)c1. The average Bonchev–Trinajstić information content (AvgIpc) is 2.61. The zero-order valence-electron chi connectivity index (χ0n) is 14.5. The third-order valence-electron chi connectivity index (χ3n) is 4.32. The topological polar surface area (TPSA) is 79.5 Å². The molecule has 0 atom stereocenters. The number of amides is 2. The number of benzene rings is 1. The number of hydrogen-bond donors (Lipinski definition) is 3. The Hall–Kier alpha value is -2.08. The van der Waals surface area contributed by atoms with Gasteiger partial charge in [0.25, 0.3) is 0 Å². The third-order valence-corrected chi connectivity index (χ3v) is 4.32. The number of anilines is 2. The fourth-order valence-electron chi connectivity index (χ4n) is 2.95. The molecule has 1 aliphatic rings. The molecule has 0 radical (unpaired) electrons. The van der Waals surface area contributed by atoms with Crippen molar-refractivity contribution in [2.75, 3.05) is 31.3 Å². The second-order valence-corrected chi connectivity index (χ2v) is 6.14. The van der Waals surface area contributed by atoms with Gasteiger partial charge in [-0.15, -0.1) is 0 Å². The average molecular weight is 333 g/mol. The van der Waals surface area contributed by atoms with Gasteiger partial charge in [-0.25, -0.2) is 0 Å². The molecule has 3 N–H and O–H groups in total. The van der Waals surface area contributed by atoms with E-state index in [1.54, 1.807) is 32.4 Å². The predicted molar refractivity (Wildman–Crippen MR) is 95.4 cm³/mol. The molecule has 24 heavy (non-hydrogen) atoms. The maximum atomic E-state index is 12.4. The van der Waals surface area contributed by atoms with Crippen molar-refractivity contribution in [3.05, 3.63) is 18.2 Å². The van der Waals surface area contributed by atoms with E-state index in [2.05, 4.69) is 16.0 Å². The maximum absolute atomic E-state index is 12.4. The number of nitrogens with one attached hydrogen (secondary N) is 3. The lowest BCUT2D eigenvalue weighted by Crippen LogP contribution is -2.25. The van der Waals surface area contributed by atoms with E-state index in [-0.39, 0.29) is 17.7 Å². The van der Waals surface area contributed by atoms with Crippen LogP contribution in [-0.2, 0) is 9.59 Å². The Labute approximate surface area is 143 Å². The van der Waals surface area contributed by atoms with Crippen molar-refractivity contribution in [3.63, 3.8) is 0 Å². The molecule has 0 unspecified atom stereocenters. The molecule has 2 amide bonds. The summed E-state index contributed by atoms with van der Waals surface area (Å²) in [6.45, 7) is 0.618. The zero-order chi connectivity index (χ0) is 17.4. The van der Waals surface area contributed by atoms with E-state index in [0.717, 1.165) is 25.7 Å². The smallest absolute Gasteiger partial charge is 0.227 e. The van der Waals surface area contributed by atoms with Crippen LogP contribution in [0.25, 0.3) is 0 Å². The van der Waals surface area contributed by atoms with Crippen molar-refractivity contribution in [2.24, 2.45) is 5.92 Å². The summed E-state index contributed by atoms with van der Waals surface area (Å²) in [4.78, 5) is 24.3. The molecule has 1 aliphatic carbocycles. The van der Waals surface area contributed by atoms with Crippen LogP contribution in [0, 0.1) is 5.92 Å². The number of ether oxygens (including phenoxy) is 1. The maximum Gasteiger partial charge on any atom is 0.227 e. The van der Waals surface area contributed by atoms with Crippen LogP contribution in [0.4, 0.5) is 11.4 Å². The van der Waals surface area contributed by atoms with Crippen LogP contribution < -0.4 is 20.7 Å². The summed E-state index contributed by atoms with van der Waals surface area (Å²) in [6, 6.07) is 5.27. The first-order chi connectivity index (χ1) is 11.6. The Morgan fingerprint density at radius 1 is 1.17 bits per heavy atom. The molecule has 2 rings (SSSR count). The summed E-state index contributed by atoms with van der Waals surface area (Å²) in [5.74, 6) is 0.621. The predicted octanol–water partition coefficient (Wildman–Crippen LogP) is 2.76. The standard InChI is InChI=1S/C18H27N3O3/c1-19-11-10-17(22)20-14-8-9-16(24-2)15(12-14)21-18(23)13-6-4-3-5-7-13/h8-9,12-13,19H,3-7,10-11H2,1-2H3,(H,20,22)(H,21,23). The van der Waals surface area contributed by atoms with E-state index in [0.29, 0.717) is 30.1 Å². The van der Waals surface area contributed by atoms with Gasteiger partial charge in [-0.05, 0) is 38.1 Å². The van der Waals surface area contributed by atoms with E-state index in [1.807, 2.05) is 0 Å². The highest BCUT2D eigenvalue weighted by molar-refractivity contribution is 5.96. The van der Waals surface area contributed by atoms with Crippen molar-refractivity contribution in [1.29, 1.82) is 0 Å². The molecule has 0 saturated heterocycles. The Morgan fingerprint density at radius 2 is 1.92 bits per heavy atom. The Kier molecular flexibility index (Phi) is 7.06. The van der Waals surface area contributed by atoms with Crippen LogP contribution in [0.2, 0.25) is 0 Å². The van der Waals surface area contributed by atoms with Crippen molar-refractivity contribution < 1.29 is 14.3 Å². The van der Waals surface area contributed by atoms with Gasteiger partial charge in [0.05, 0.1) is 12.8 Å². The number of rotatable bonds is 7. The largest absolute Gasteiger partial charge is 0.495 e. The van der Waals surface area contributed by atoms with Crippen LogP contribution in [0.15, 0.2) is 18.2 Å². The van der Waals surface area contributed by atoms with Gasteiger partial charge in [0.1, 0.15) is 5.75 Å². The van der Waals surface area contributed by atoms with Gasteiger partial charge in [0, 0.05) is 24.6 Å². The van der Waals surface area contributed by atoms with Crippen LogP contribution in [0.3, 0.4) is 0 Å². The highest BCUT2D eigenvalue weighted by Crippen LogP contribution is 2.30. The number of hydrogen-bond acceptors (Lipinski definition) is 4. The van der Waals surface area contributed by atoms with Gasteiger partial charge in [0.15, 0.2) is 0 Å². The third kappa shape index (κ3) is 5.23. The Morgan fingerprint density at radius 3 is 2.58 bits per heavy atom. The number of methoxy groups -OCH3 is 1. The van der Waals surface area contributed by atoms with Gasteiger partial charge < -0.3 is 20.7 Å². The van der Waals surface area contributed by atoms with Crippen LogP contribution in [0.5, 0.6) is 5.75 Å². The lowest BCUT2D eigenvalue weighted by Gasteiger charge is -2.21. The van der Waals surface area contributed by atoms with Crippen molar-refractivity contribution >= 4 is 23.2 Å². The lowest BCUT2D eigenvalue weighted by molar-refractivity contribution is -0.120. The summed E-state index contributed by atoms with van der Waals surface area (Å²) in [6.07, 6.45) is 5.70. The van der Waals surface area contributed by atoms with Crippen LogP contribution in [-0.4, -0.2) is 32.5 Å². The van der Waals surface area contributed by atoms with E-state index in [9.17, 15) is 9.59 Å². The van der Waals surface area contributed by atoms with E-state index in [1.165, 1.54) is 6.42 Å². The van der Waals surface area contributed by atoms with E-state index < -0.39 is 0 Å². The molecule has 0 spiro atoms. The quantitative estimate of drug-likeness (QED) is 0.717.